The van der Waals surface area contributed by atoms with E-state index in [1.807, 2.05) is 31.2 Å². The van der Waals surface area contributed by atoms with Gasteiger partial charge >= 0.3 is 0 Å². The van der Waals surface area contributed by atoms with E-state index in [4.69, 9.17) is 0 Å². The zero-order valence-corrected chi connectivity index (χ0v) is 11.7. The Bertz CT molecular complexity index is 569. The lowest BCUT2D eigenvalue weighted by Gasteiger charge is -2.12. The van der Waals surface area contributed by atoms with E-state index in [1.54, 1.807) is 0 Å². The summed E-state index contributed by atoms with van der Waals surface area (Å²) in [6.45, 7) is 2.06. The molecule has 0 saturated carbocycles. The Morgan fingerprint density at radius 2 is 2.11 bits per heavy atom. The van der Waals surface area contributed by atoms with Crippen LogP contribution in [0.4, 0.5) is 5.69 Å². The molecule has 5 nitrogen and oxygen atoms in total. The summed E-state index contributed by atoms with van der Waals surface area (Å²) >= 11 is 0. The molecule has 1 aromatic rings. The van der Waals surface area contributed by atoms with Crippen LogP contribution in [0.25, 0.3) is 0 Å². The summed E-state index contributed by atoms with van der Waals surface area (Å²) in [5.74, 6) is 0.188. The fraction of sp³-hybridized carbons (Fsp3) is 0.462. The van der Waals surface area contributed by atoms with Gasteiger partial charge in [-0.1, -0.05) is 18.2 Å². The molecule has 0 radical (unpaired) electrons. The van der Waals surface area contributed by atoms with E-state index in [9.17, 15) is 13.2 Å². The highest BCUT2D eigenvalue weighted by atomic mass is 32.2. The summed E-state index contributed by atoms with van der Waals surface area (Å²) in [5, 5.41) is 5.79. The molecule has 19 heavy (non-hydrogen) atoms. The van der Waals surface area contributed by atoms with Gasteiger partial charge in [0.15, 0.2) is 9.84 Å². The lowest BCUT2D eigenvalue weighted by Crippen LogP contribution is -2.36. The highest BCUT2D eigenvalue weighted by Gasteiger charge is 2.27. The number of carbonyl (C=O) groups is 1. The van der Waals surface area contributed by atoms with Crippen LogP contribution in [0.3, 0.4) is 0 Å². The van der Waals surface area contributed by atoms with Crippen molar-refractivity contribution in [2.24, 2.45) is 0 Å². The minimum Gasteiger partial charge on any atom is -0.325 e. The Balaban J connectivity index is 1.81. The van der Waals surface area contributed by atoms with Crippen LogP contribution in [0, 0.1) is 6.92 Å². The van der Waals surface area contributed by atoms with Gasteiger partial charge in [0.2, 0.25) is 5.91 Å². The van der Waals surface area contributed by atoms with Crippen molar-refractivity contribution >= 4 is 21.4 Å². The monoisotopic (exact) mass is 282 g/mol. The Morgan fingerprint density at radius 3 is 2.74 bits per heavy atom. The average Bonchev–Trinajstić information content (AvgIpc) is 2.69. The highest BCUT2D eigenvalue weighted by Crippen LogP contribution is 2.13. The number of aryl methyl sites for hydroxylation is 1. The summed E-state index contributed by atoms with van der Waals surface area (Å²) in [5.41, 5.74) is 1.78. The average molecular weight is 282 g/mol. The van der Waals surface area contributed by atoms with Crippen LogP contribution < -0.4 is 10.6 Å². The molecule has 2 rings (SSSR count). The van der Waals surface area contributed by atoms with Gasteiger partial charge in [-0.2, -0.15) is 0 Å². The molecule has 1 saturated heterocycles. The van der Waals surface area contributed by atoms with Crippen molar-refractivity contribution < 1.29 is 13.2 Å². The summed E-state index contributed by atoms with van der Waals surface area (Å²) < 4.78 is 22.6. The molecule has 1 fully saturated rings. The molecule has 1 atom stereocenters. The predicted octanol–water partition coefficient (Wildman–Crippen LogP) is 0.710. The van der Waals surface area contributed by atoms with Crippen molar-refractivity contribution in [3.05, 3.63) is 29.8 Å². The van der Waals surface area contributed by atoms with Crippen molar-refractivity contribution in [3.63, 3.8) is 0 Å². The largest absolute Gasteiger partial charge is 0.325 e. The molecule has 1 amide bonds. The van der Waals surface area contributed by atoms with Gasteiger partial charge in [0.1, 0.15) is 0 Å². The molecule has 6 heteroatoms. The van der Waals surface area contributed by atoms with Gasteiger partial charge in [-0.3, -0.25) is 4.79 Å². The first kappa shape index (κ1) is 14.0. The molecule has 1 aliphatic heterocycles. The van der Waals surface area contributed by atoms with Gasteiger partial charge in [-0.05, 0) is 25.0 Å². The Kier molecular flexibility index (Phi) is 4.21. The molecule has 1 heterocycles. The van der Waals surface area contributed by atoms with E-state index in [2.05, 4.69) is 10.6 Å². The van der Waals surface area contributed by atoms with Crippen LogP contribution in [0.2, 0.25) is 0 Å². The van der Waals surface area contributed by atoms with Gasteiger partial charge < -0.3 is 10.6 Å². The lowest BCUT2D eigenvalue weighted by molar-refractivity contribution is -0.115. The van der Waals surface area contributed by atoms with Crippen LogP contribution in [0.15, 0.2) is 24.3 Å². The van der Waals surface area contributed by atoms with Gasteiger partial charge in [0.05, 0.1) is 18.1 Å². The zero-order chi connectivity index (χ0) is 13.9. The normalized spacial score (nSPS) is 21.2. The third-order valence-electron chi connectivity index (χ3n) is 3.20. The second-order valence-electron chi connectivity index (χ2n) is 4.84. The second-order valence-corrected chi connectivity index (χ2v) is 7.07. The zero-order valence-electron chi connectivity index (χ0n) is 10.8. The molecule has 0 unspecified atom stereocenters. The summed E-state index contributed by atoms with van der Waals surface area (Å²) in [4.78, 5) is 11.8. The lowest BCUT2D eigenvalue weighted by atomic mass is 10.2. The van der Waals surface area contributed by atoms with Gasteiger partial charge in [0, 0.05) is 11.7 Å². The van der Waals surface area contributed by atoms with Gasteiger partial charge in [-0.25, -0.2) is 8.42 Å². The fourth-order valence-electron chi connectivity index (χ4n) is 2.10. The van der Waals surface area contributed by atoms with Gasteiger partial charge in [0.25, 0.3) is 0 Å². The summed E-state index contributed by atoms with van der Waals surface area (Å²) in [6.07, 6.45) is 0.583. The number of para-hydroxylation sites is 1. The smallest absolute Gasteiger partial charge is 0.238 e. The minimum atomic E-state index is -2.90. The minimum absolute atomic E-state index is 0.104. The van der Waals surface area contributed by atoms with Crippen molar-refractivity contribution in [2.45, 2.75) is 19.4 Å². The summed E-state index contributed by atoms with van der Waals surface area (Å²) in [7, 11) is -2.90. The van der Waals surface area contributed by atoms with Gasteiger partial charge in [-0.15, -0.1) is 0 Å². The van der Waals surface area contributed by atoms with E-state index >= 15 is 0 Å². The molecule has 0 aromatic heterocycles. The number of sulfone groups is 1. The quantitative estimate of drug-likeness (QED) is 0.853. The SMILES string of the molecule is Cc1ccccc1NC(=O)CN[C@@H]1CCS(=O)(=O)C1. The first-order valence-corrected chi connectivity index (χ1v) is 8.08. The molecular weight excluding hydrogens is 264 g/mol. The number of benzene rings is 1. The molecular formula is C13H18N2O3S. The van der Waals surface area contributed by atoms with Crippen molar-refractivity contribution in [2.75, 3.05) is 23.4 Å². The highest BCUT2D eigenvalue weighted by molar-refractivity contribution is 7.91. The first-order valence-electron chi connectivity index (χ1n) is 6.25. The summed E-state index contributed by atoms with van der Waals surface area (Å²) in [6, 6.07) is 7.43. The Labute approximate surface area is 113 Å². The van der Waals surface area contributed by atoms with E-state index < -0.39 is 9.84 Å². The number of nitrogens with one attached hydrogen (secondary N) is 2. The molecule has 1 aliphatic rings. The van der Waals surface area contributed by atoms with Crippen LogP contribution in [-0.4, -0.2) is 38.4 Å². The van der Waals surface area contributed by atoms with E-state index in [0.29, 0.717) is 6.42 Å². The third kappa shape index (κ3) is 4.04. The molecule has 0 aliphatic carbocycles. The number of hydrogen-bond acceptors (Lipinski definition) is 4. The molecule has 1 aromatic carbocycles. The second kappa shape index (κ2) is 5.71. The number of rotatable bonds is 4. The van der Waals surface area contributed by atoms with Crippen LogP contribution in [0.1, 0.15) is 12.0 Å². The van der Waals surface area contributed by atoms with E-state index in [1.165, 1.54) is 0 Å². The fourth-order valence-corrected chi connectivity index (χ4v) is 3.81. The Morgan fingerprint density at radius 1 is 1.37 bits per heavy atom. The standard InChI is InChI=1S/C13H18N2O3S/c1-10-4-2-3-5-12(10)15-13(16)8-14-11-6-7-19(17,18)9-11/h2-5,11,14H,6-9H2,1H3,(H,15,16)/t11-/m1/s1. The van der Waals surface area contributed by atoms with E-state index in [0.717, 1.165) is 11.3 Å². The number of hydrogen-bond donors (Lipinski definition) is 2. The maximum Gasteiger partial charge on any atom is 0.238 e. The number of carbonyl (C=O) groups excluding carboxylic acids is 1. The van der Waals surface area contributed by atoms with Crippen LogP contribution in [0.5, 0.6) is 0 Å². The molecule has 2 N–H and O–H groups in total. The van der Waals surface area contributed by atoms with Crippen molar-refractivity contribution in [1.82, 2.24) is 5.32 Å². The third-order valence-corrected chi connectivity index (χ3v) is 4.97. The Hall–Kier alpha value is -1.40. The molecule has 0 bridgehead atoms. The van der Waals surface area contributed by atoms with Crippen molar-refractivity contribution in [3.8, 4) is 0 Å². The predicted molar refractivity (Wildman–Crippen MR) is 74.9 cm³/mol. The number of anilines is 1. The maximum atomic E-state index is 11.8. The number of amides is 1. The molecule has 0 spiro atoms. The topological polar surface area (TPSA) is 75.3 Å². The van der Waals surface area contributed by atoms with Crippen LogP contribution >= 0.6 is 0 Å². The first-order chi connectivity index (χ1) is 8.96. The van der Waals surface area contributed by atoms with Crippen LogP contribution in [-0.2, 0) is 14.6 Å². The molecule has 104 valence electrons. The van der Waals surface area contributed by atoms with E-state index in [-0.39, 0.29) is 30.0 Å². The van der Waals surface area contributed by atoms with Crippen molar-refractivity contribution in [1.29, 1.82) is 0 Å². The maximum absolute atomic E-state index is 11.8.